The lowest BCUT2D eigenvalue weighted by Gasteiger charge is -2.09. The number of anilines is 1. The number of H-pyrrole nitrogens is 1. The zero-order chi connectivity index (χ0) is 11.7. The van der Waals surface area contributed by atoms with E-state index < -0.39 is 0 Å². The third-order valence-corrected chi connectivity index (χ3v) is 3.33. The van der Waals surface area contributed by atoms with Crippen molar-refractivity contribution in [1.82, 2.24) is 20.3 Å². The van der Waals surface area contributed by atoms with Gasteiger partial charge in [0.1, 0.15) is 11.6 Å². The molecule has 3 rings (SSSR count). The maximum Gasteiger partial charge on any atom is 0.179 e. The van der Waals surface area contributed by atoms with Gasteiger partial charge in [-0.15, -0.1) is 0 Å². The highest BCUT2D eigenvalue weighted by Gasteiger charge is 2.14. The van der Waals surface area contributed by atoms with Crippen LogP contribution in [0.25, 0.3) is 11.2 Å². The van der Waals surface area contributed by atoms with Crippen LogP contribution in [0.4, 0.5) is 5.82 Å². The number of nitrogens with zero attached hydrogens (tertiary/aromatic N) is 2. The molecule has 0 aliphatic heterocycles. The second-order valence-electron chi connectivity index (χ2n) is 4.65. The standard InChI is InChI=1S/C12H17N5/c13-10-6-5-9-12(16-10)17-11(15-9)7-14-8-3-1-2-4-8/h5-6,8,14H,1-4,7H2,(H3,13,15,16,17). The highest BCUT2D eigenvalue weighted by molar-refractivity contribution is 5.72. The molecule has 1 saturated carbocycles. The number of aromatic nitrogens is 3. The van der Waals surface area contributed by atoms with E-state index in [4.69, 9.17) is 5.73 Å². The summed E-state index contributed by atoms with van der Waals surface area (Å²) in [5.41, 5.74) is 7.27. The molecular weight excluding hydrogens is 214 g/mol. The topological polar surface area (TPSA) is 79.6 Å². The smallest absolute Gasteiger partial charge is 0.179 e. The Labute approximate surface area is 99.8 Å². The minimum Gasteiger partial charge on any atom is -0.384 e. The lowest BCUT2D eigenvalue weighted by Crippen LogP contribution is -2.25. The van der Waals surface area contributed by atoms with Crippen LogP contribution in [-0.4, -0.2) is 21.0 Å². The van der Waals surface area contributed by atoms with Gasteiger partial charge < -0.3 is 16.0 Å². The molecule has 0 unspecified atom stereocenters. The number of nitrogens with two attached hydrogens (primary N) is 1. The maximum absolute atomic E-state index is 5.63. The normalized spacial score (nSPS) is 16.9. The Balaban J connectivity index is 1.72. The fraction of sp³-hybridized carbons (Fsp3) is 0.500. The number of rotatable bonds is 3. The molecule has 17 heavy (non-hydrogen) atoms. The van der Waals surface area contributed by atoms with Gasteiger partial charge >= 0.3 is 0 Å². The van der Waals surface area contributed by atoms with E-state index in [-0.39, 0.29) is 0 Å². The summed E-state index contributed by atoms with van der Waals surface area (Å²) in [5, 5.41) is 3.52. The van der Waals surface area contributed by atoms with Crippen LogP contribution in [-0.2, 0) is 6.54 Å². The van der Waals surface area contributed by atoms with Gasteiger partial charge in [-0.05, 0) is 25.0 Å². The van der Waals surface area contributed by atoms with E-state index in [0.29, 0.717) is 17.5 Å². The minimum atomic E-state index is 0.513. The average molecular weight is 231 g/mol. The van der Waals surface area contributed by atoms with Crippen LogP contribution < -0.4 is 11.1 Å². The Morgan fingerprint density at radius 3 is 2.94 bits per heavy atom. The van der Waals surface area contributed by atoms with Crippen molar-refractivity contribution < 1.29 is 0 Å². The highest BCUT2D eigenvalue weighted by atomic mass is 15.0. The molecular formula is C12H17N5. The van der Waals surface area contributed by atoms with E-state index in [9.17, 15) is 0 Å². The van der Waals surface area contributed by atoms with Crippen molar-refractivity contribution in [3.63, 3.8) is 0 Å². The summed E-state index contributed by atoms with van der Waals surface area (Å²) in [4.78, 5) is 11.9. The number of aromatic amines is 1. The molecule has 0 atom stereocenters. The molecule has 0 saturated heterocycles. The van der Waals surface area contributed by atoms with Crippen molar-refractivity contribution in [2.24, 2.45) is 0 Å². The van der Waals surface area contributed by atoms with Crippen LogP contribution in [0.1, 0.15) is 31.5 Å². The van der Waals surface area contributed by atoms with E-state index in [1.54, 1.807) is 6.07 Å². The van der Waals surface area contributed by atoms with E-state index in [2.05, 4.69) is 20.3 Å². The predicted octanol–water partition coefficient (Wildman–Crippen LogP) is 1.57. The van der Waals surface area contributed by atoms with Gasteiger partial charge in [0.05, 0.1) is 12.1 Å². The molecule has 0 bridgehead atoms. The number of hydrogen-bond acceptors (Lipinski definition) is 4. The van der Waals surface area contributed by atoms with Crippen LogP contribution in [0.15, 0.2) is 12.1 Å². The number of hydrogen-bond donors (Lipinski definition) is 3. The molecule has 1 aliphatic rings. The molecule has 0 radical (unpaired) electrons. The lowest BCUT2D eigenvalue weighted by atomic mass is 10.2. The van der Waals surface area contributed by atoms with Gasteiger partial charge in [0.2, 0.25) is 0 Å². The number of nitrogen functional groups attached to an aromatic ring is 1. The largest absolute Gasteiger partial charge is 0.384 e. The second kappa shape index (κ2) is 4.33. The SMILES string of the molecule is Nc1ccc2[nH]c(CNC3CCCC3)nc2n1. The number of imidazole rings is 1. The summed E-state index contributed by atoms with van der Waals surface area (Å²) in [7, 11) is 0. The number of fused-ring (bicyclic) bond motifs is 1. The van der Waals surface area contributed by atoms with E-state index in [0.717, 1.165) is 17.9 Å². The molecule has 0 aromatic carbocycles. The molecule has 1 fully saturated rings. The third kappa shape index (κ3) is 2.24. The van der Waals surface area contributed by atoms with Crippen molar-refractivity contribution in [2.75, 3.05) is 5.73 Å². The fourth-order valence-electron chi connectivity index (χ4n) is 2.41. The maximum atomic E-state index is 5.63. The lowest BCUT2D eigenvalue weighted by molar-refractivity contribution is 0.516. The van der Waals surface area contributed by atoms with E-state index in [1.807, 2.05) is 6.07 Å². The Bertz CT molecular complexity index is 513. The predicted molar refractivity (Wildman–Crippen MR) is 67.4 cm³/mol. The van der Waals surface area contributed by atoms with E-state index >= 15 is 0 Å². The van der Waals surface area contributed by atoms with Crippen LogP contribution >= 0.6 is 0 Å². The molecule has 1 aliphatic carbocycles. The first-order chi connectivity index (χ1) is 8.31. The summed E-state index contributed by atoms with van der Waals surface area (Å²) >= 11 is 0. The van der Waals surface area contributed by atoms with Crippen molar-refractivity contribution >= 4 is 17.0 Å². The first kappa shape index (κ1) is 10.5. The van der Waals surface area contributed by atoms with Gasteiger partial charge in [-0.2, -0.15) is 0 Å². The highest BCUT2D eigenvalue weighted by Crippen LogP contribution is 2.18. The summed E-state index contributed by atoms with van der Waals surface area (Å²) in [5.74, 6) is 1.45. The van der Waals surface area contributed by atoms with Crippen molar-refractivity contribution in [1.29, 1.82) is 0 Å². The van der Waals surface area contributed by atoms with E-state index in [1.165, 1.54) is 25.7 Å². The molecule has 2 heterocycles. The molecule has 4 N–H and O–H groups in total. The first-order valence-corrected chi connectivity index (χ1v) is 6.16. The molecule has 2 aromatic rings. The Kier molecular flexibility index (Phi) is 2.68. The Hall–Kier alpha value is -1.62. The summed E-state index contributed by atoms with van der Waals surface area (Å²) < 4.78 is 0. The molecule has 0 amide bonds. The summed E-state index contributed by atoms with van der Waals surface area (Å²) in [6.07, 6.45) is 5.25. The summed E-state index contributed by atoms with van der Waals surface area (Å²) in [6.45, 7) is 0.779. The van der Waals surface area contributed by atoms with Gasteiger partial charge in [0.25, 0.3) is 0 Å². The minimum absolute atomic E-state index is 0.513. The van der Waals surface area contributed by atoms with Crippen molar-refractivity contribution in [3.05, 3.63) is 18.0 Å². The average Bonchev–Trinajstić information content (AvgIpc) is 2.94. The Morgan fingerprint density at radius 2 is 2.12 bits per heavy atom. The molecule has 2 aromatic heterocycles. The molecule has 5 nitrogen and oxygen atoms in total. The number of nitrogens with one attached hydrogen (secondary N) is 2. The van der Waals surface area contributed by atoms with Crippen LogP contribution in [0.5, 0.6) is 0 Å². The van der Waals surface area contributed by atoms with Gasteiger partial charge in [0.15, 0.2) is 5.65 Å². The molecule has 0 spiro atoms. The van der Waals surface area contributed by atoms with Gasteiger partial charge in [-0.3, -0.25) is 0 Å². The second-order valence-corrected chi connectivity index (χ2v) is 4.65. The van der Waals surface area contributed by atoms with Crippen molar-refractivity contribution in [3.8, 4) is 0 Å². The van der Waals surface area contributed by atoms with Gasteiger partial charge in [-0.1, -0.05) is 12.8 Å². The summed E-state index contributed by atoms with van der Waals surface area (Å²) in [6, 6.07) is 4.36. The Morgan fingerprint density at radius 1 is 1.29 bits per heavy atom. The monoisotopic (exact) mass is 231 g/mol. The first-order valence-electron chi connectivity index (χ1n) is 6.16. The quantitative estimate of drug-likeness (QED) is 0.749. The zero-order valence-corrected chi connectivity index (χ0v) is 9.74. The van der Waals surface area contributed by atoms with Crippen LogP contribution in [0.2, 0.25) is 0 Å². The van der Waals surface area contributed by atoms with Gasteiger partial charge in [0, 0.05) is 6.04 Å². The molecule has 5 heteroatoms. The van der Waals surface area contributed by atoms with Crippen molar-refractivity contribution in [2.45, 2.75) is 38.3 Å². The molecule has 90 valence electrons. The number of pyridine rings is 1. The zero-order valence-electron chi connectivity index (χ0n) is 9.74. The third-order valence-electron chi connectivity index (χ3n) is 3.33. The van der Waals surface area contributed by atoms with Crippen LogP contribution in [0.3, 0.4) is 0 Å². The van der Waals surface area contributed by atoms with Crippen LogP contribution in [0, 0.1) is 0 Å². The van der Waals surface area contributed by atoms with Gasteiger partial charge in [-0.25, -0.2) is 9.97 Å². The fourth-order valence-corrected chi connectivity index (χ4v) is 2.41.